The quantitative estimate of drug-likeness (QED) is 0.845. The Morgan fingerprint density at radius 1 is 1.15 bits per heavy atom. The Bertz CT molecular complexity index is 955. The lowest BCUT2D eigenvalue weighted by atomic mass is 9.86. The third kappa shape index (κ3) is 4.00. The number of aliphatic imine (C=N–C) groups is 1. The number of aromatic nitrogens is 1. The fourth-order valence-electron chi connectivity index (χ4n) is 3.60. The number of fused-ring (bicyclic) bond motifs is 2. The van der Waals surface area contributed by atoms with Crippen LogP contribution in [0.1, 0.15) is 44.0 Å². The zero-order valence-corrected chi connectivity index (χ0v) is 16.5. The van der Waals surface area contributed by atoms with Gasteiger partial charge in [-0.15, -0.1) is 0 Å². The van der Waals surface area contributed by atoms with Gasteiger partial charge in [0.2, 0.25) is 5.91 Å². The van der Waals surface area contributed by atoms with Crippen LogP contribution in [0, 0.1) is 12.3 Å². The summed E-state index contributed by atoms with van der Waals surface area (Å²) in [6.07, 6.45) is 9.81. The van der Waals surface area contributed by atoms with Gasteiger partial charge in [-0.2, -0.15) is 0 Å². The molecule has 1 amide bonds. The summed E-state index contributed by atoms with van der Waals surface area (Å²) in [7, 11) is 0. The Labute approximate surface area is 161 Å². The van der Waals surface area contributed by atoms with Crippen LogP contribution in [0.2, 0.25) is 0 Å². The van der Waals surface area contributed by atoms with Crippen molar-refractivity contribution in [1.82, 2.24) is 10.3 Å². The molecule has 2 aromatic rings. The van der Waals surface area contributed by atoms with E-state index in [0.29, 0.717) is 5.82 Å². The minimum Gasteiger partial charge on any atom is -0.310 e. The molecule has 0 spiro atoms. The molecule has 2 aliphatic rings. The van der Waals surface area contributed by atoms with E-state index >= 15 is 0 Å². The second-order valence-corrected chi connectivity index (χ2v) is 7.17. The molecule has 1 N–H and O–H groups in total. The first-order valence-electron chi connectivity index (χ1n) is 9.63. The Morgan fingerprint density at radius 3 is 2.67 bits per heavy atom. The summed E-state index contributed by atoms with van der Waals surface area (Å²) in [6, 6.07) is 8.46. The molecule has 2 heterocycles. The zero-order valence-electron chi connectivity index (χ0n) is 16.5. The minimum absolute atomic E-state index is 0.0298. The van der Waals surface area contributed by atoms with Gasteiger partial charge in [-0.1, -0.05) is 32.9 Å². The highest BCUT2D eigenvalue weighted by Crippen LogP contribution is 2.38. The lowest BCUT2D eigenvalue weighted by Gasteiger charge is -2.22. The molecule has 0 saturated heterocycles. The molecule has 0 unspecified atom stereocenters. The summed E-state index contributed by atoms with van der Waals surface area (Å²) in [5.41, 5.74) is 4.03. The van der Waals surface area contributed by atoms with Crippen LogP contribution in [0.25, 0.3) is 10.9 Å². The van der Waals surface area contributed by atoms with Crippen molar-refractivity contribution >= 4 is 23.0 Å². The molecule has 4 nitrogen and oxygen atoms in total. The van der Waals surface area contributed by atoms with E-state index in [1.165, 1.54) is 11.1 Å². The maximum atomic E-state index is 12.9. The van der Waals surface area contributed by atoms with Gasteiger partial charge in [0.25, 0.3) is 0 Å². The number of rotatable bonds is 2. The highest BCUT2D eigenvalue weighted by molar-refractivity contribution is 5.88. The van der Waals surface area contributed by atoms with Gasteiger partial charge < -0.3 is 5.32 Å². The molecule has 27 heavy (non-hydrogen) atoms. The minimum atomic E-state index is -0.454. The molecule has 0 fully saturated rings. The van der Waals surface area contributed by atoms with Gasteiger partial charge in [0.15, 0.2) is 0 Å². The molecular formula is C23H27N3O. The van der Waals surface area contributed by atoms with Crippen LogP contribution in [0.4, 0.5) is 0 Å². The number of hydrogen-bond donors (Lipinski definition) is 1. The number of benzene rings is 1. The predicted molar refractivity (Wildman–Crippen MR) is 112 cm³/mol. The molecule has 4 heteroatoms. The number of allylic oxidation sites excluding steroid dienone is 3. The molecule has 140 valence electrons. The second kappa shape index (κ2) is 7.87. The largest absolute Gasteiger partial charge is 0.310 e. The molecule has 1 aromatic carbocycles. The fourth-order valence-corrected chi connectivity index (χ4v) is 3.60. The first-order valence-corrected chi connectivity index (χ1v) is 9.63. The number of carbonyl (C=O) groups excluding carboxylic acids is 1. The molecule has 1 atom stereocenters. The molecule has 0 saturated carbocycles. The molecule has 1 aliphatic heterocycles. The van der Waals surface area contributed by atoms with Crippen LogP contribution in [0.15, 0.2) is 53.3 Å². The smallest absolute Gasteiger partial charge is 0.232 e. The maximum absolute atomic E-state index is 12.9. The number of hydrogen-bond acceptors (Lipinski definition) is 3. The summed E-state index contributed by atoms with van der Waals surface area (Å²) >= 11 is 0. The van der Waals surface area contributed by atoms with Crippen LogP contribution in [-0.2, 0) is 17.6 Å². The van der Waals surface area contributed by atoms with Gasteiger partial charge in [-0.05, 0) is 67.7 Å². The maximum Gasteiger partial charge on any atom is 0.232 e. The number of amides is 1. The summed E-state index contributed by atoms with van der Waals surface area (Å²) in [5.74, 6) is 0.664. The van der Waals surface area contributed by atoms with Crippen molar-refractivity contribution < 1.29 is 4.79 Å². The third-order valence-electron chi connectivity index (χ3n) is 4.98. The van der Waals surface area contributed by atoms with Crippen LogP contribution < -0.4 is 5.32 Å². The van der Waals surface area contributed by atoms with Crippen molar-refractivity contribution in [3.63, 3.8) is 0 Å². The van der Waals surface area contributed by atoms with Crippen molar-refractivity contribution in [2.75, 3.05) is 0 Å². The van der Waals surface area contributed by atoms with E-state index in [9.17, 15) is 4.79 Å². The van der Waals surface area contributed by atoms with Crippen LogP contribution in [0.5, 0.6) is 0 Å². The normalized spacial score (nSPS) is 20.4. The zero-order chi connectivity index (χ0) is 19.4. The summed E-state index contributed by atoms with van der Waals surface area (Å²) in [4.78, 5) is 21.8. The number of nitrogens with one attached hydrogen (secondary N) is 1. The second-order valence-electron chi connectivity index (χ2n) is 7.17. The van der Waals surface area contributed by atoms with Crippen molar-refractivity contribution in [3.05, 3.63) is 65.1 Å². The van der Waals surface area contributed by atoms with Crippen molar-refractivity contribution in [1.29, 1.82) is 0 Å². The van der Waals surface area contributed by atoms with Crippen LogP contribution in [0.3, 0.4) is 0 Å². The van der Waals surface area contributed by atoms with Crippen LogP contribution >= 0.6 is 0 Å². The van der Waals surface area contributed by atoms with Crippen molar-refractivity contribution in [3.8, 4) is 0 Å². The Hall–Kier alpha value is -2.75. The van der Waals surface area contributed by atoms with E-state index < -0.39 is 5.41 Å². The lowest BCUT2D eigenvalue weighted by Crippen LogP contribution is -2.38. The summed E-state index contributed by atoms with van der Waals surface area (Å²) < 4.78 is 0. The first-order chi connectivity index (χ1) is 13.0. The summed E-state index contributed by atoms with van der Waals surface area (Å²) in [5, 5.41) is 4.13. The van der Waals surface area contributed by atoms with Gasteiger partial charge in [0, 0.05) is 17.3 Å². The van der Waals surface area contributed by atoms with Gasteiger partial charge in [0.1, 0.15) is 5.82 Å². The van der Waals surface area contributed by atoms with Gasteiger partial charge in [-0.25, -0.2) is 4.99 Å². The number of carbonyl (C=O) groups is 1. The third-order valence-corrected chi connectivity index (χ3v) is 4.98. The average molecular weight is 361 g/mol. The number of pyridine rings is 1. The lowest BCUT2D eigenvalue weighted by molar-refractivity contribution is -0.129. The molecule has 1 aliphatic carbocycles. The van der Waals surface area contributed by atoms with E-state index in [0.717, 1.165) is 35.9 Å². The highest BCUT2D eigenvalue weighted by atomic mass is 16.2. The molecular weight excluding hydrogens is 334 g/mol. The van der Waals surface area contributed by atoms with Crippen LogP contribution in [-0.4, -0.2) is 17.1 Å². The van der Waals surface area contributed by atoms with E-state index in [2.05, 4.69) is 33.5 Å². The molecule has 1 aromatic heterocycles. The Morgan fingerprint density at radius 2 is 1.89 bits per heavy atom. The first kappa shape index (κ1) is 19.0. The number of aryl methyl sites for hydroxylation is 1. The Kier molecular flexibility index (Phi) is 5.54. The topological polar surface area (TPSA) is 54.4 Å². The van der Waals surface area contributed by atoms with E-state index in [1.807, 2.05) is 52.0 Å². The van der Waals surface area contributed by atoms with Gasteiger partial charge in [0.05, 0.1) is 10.9 Å². The van der Waals surface area contributed by atoms with Gasteiger partial charge >= 0.3 is 0 Å². The highest BCUT2D eigenvalue weighted by Gasteiger charge is 2.40. The number of nitrogens with zero attached hydrogens (tertiary/aromatic N) is 2. The molecule has 4 rings (SSSR count). The monoisotopic (exact) mass is 361 g/mol. The van der Waals surface area contributed by atoms with Crippen molar-refractivity contribution in [2.45, 2.75) is 47.0 Å². The molecule has 0 radical (unpaired) electrons. The molecule has 0 bridgehead atoms. The fraction of sp³-hybridized carbons (Fsp3) is 0.348. The Balaban J connectivity index is 0.00000102. The predicted octanol–water partition coefficient (Wildman–Crippen LogP) is 4.66. The van der Waals surface area contributed by atoms with E-state index in [4.69, 9.17) is 0 Å². The van der Waals surface area contributed by atoms with E-state index in [-0.39, 0.29) is 5.91 Å². The van der Waals surface area contributed by atoms with Gasteiger partial charge in [-0.3, -0.25) is 9.78 Å². The average Bonchev–Trinajstić information content (AvgIpc) is 2.82. The SMILES string of the molecule is CC.Cc1ccc2cc3c(cc2n1)C[C@](C)(C(=O)NC1=CCC=CC=N1)C3. The summed E-state index contributed by atoms with van der Waals surface area (Å²) in [6.45, 7) is 8.03. The van der Waals surface area contributed by atoms with E-state index in [1.54, 1.807) is 6.21 Å². The van der Waals surface area contributed by atoms with Crippen molar-refractivity contribution in [2.24, 2.45) is 10.4 Å². The standard InChI is InChI=1S/C21H21N3O.C2H6/c1-14-7-8-15-10-16-12-21(2,13-17(16)11-18(15)23-14)20(25)24-19-6-4-3-5-9-22-19;1-2/h3,5-11H,4,12-13H2,1-2H3,(H,24,25);1-2H3/t21-;/m1./s1.